The van der Waals surface area contributed by atoms with Gasteiger partial charge in [0, 0.05) is 19.0 Å². The molecule has 0 saturated carbocycles. The molecule has 0 aromatic heterocycles. The lowest BCUT2D eigenvalue weighted by Crippen LogP contribution is -2.27. The molecule has 0 fully saturated rings. The van der Waals surface area contributed by atoms with E-state index in [4.69, 9.17) is 15.2 Å². The molecule has 1 aromatic rings. The molecule has 0 bridgehead atoms. The molecule has 0 spiro atoms. The monoisotopic (exact) mass is 278 g/mol. The van der Waals surface area contributed by atoms with Crippen LogP contribution in [0.15, 0.2) is 18.2 Å². The zero-order valence-electron chi connectivity index (χ0n) is 11.9. The molecule has 1 aliphatic rings. The first kappa shape index (κ1) is 14.8. The Morgan fingerprint density at radius 1 is 1.55 bits per heavy atom. The van der Waals surface area contributed by atoms with Gasteiger partial charge in [0.1, 0.15) is 12.4 Å². The molecule has 2 rings (SSSR count). The number of amides is 1. The Morgan fingerprint density at radius 3 is 3.15 bits per heavy atom. The van der Waals surface area contributed by atoms with Gasteiger partial charge in [-0.15, -0.1) is 0 Å². The second kappa shape index (κ2) is 7.26. The van der Waals surface area contributed by atoms with Crippen molar-refractivity contribution in [1.82, 2.24) is 5.32 Å². The second-order valence-corrected chi connectivity index (χ2v) is 4.90. The van der Waals surface area contributed by atoms with E-state index in [0.29, 0.717) is 13.2 Å². The van der Waals surface area contributed by atoms with Crippen molar-refractivity contribution in [1.29, 1.82) is 0 Å². The van der Waals surface area contributed by atoms with Crippen molar-refractivity contribution in [2.45, 2.75) is 25.8 Å². The number of rotatable bonds is 8. The fourth-order valence-corrected chi connectivity index (χ4v) is 2.40. The Labute approximate surface area is 119 Å². The molecule has 110 valence electrons. The highest BCUT2D eigenvalue weighted by atomic mass is 16.5. The van der Waals surface area contributed by atoms with E-state index < -0.39 is 5.91 Å². The van der Waals surface area contributed by atoms with Crippen LogP contribution in [-0.2, 0) is 16.0 Å². The molecule has 1 heterocycles. The predicted molar refractivity (Wildman–Crippen MR) is 76.7 cm³/mol. The summed E-state index contributed by atoms with van der Waals surface area (Å²) in [5.74, 6) is 0.573. The maximum Gasteiger partial charge on any atom is 0.243 e. The van der Waals surface area contributed by atoms with Crippen LogP contribution >= 0.6 is 0 Å². The molecule has 1 atom stereocenters. The van der Waals surface area contributed by atoms with Crippen LogP contribution in [0.2, 0.25) is 0 Å². The molecule has 0 saturated heterocycles. The van der Waals surface area contributed by atoms with Crippen LogP contribution in [0.25, 0.3) is 0 Å². The Morgan fingerprint density at radius 2 is 2.40 bits per heavy atom. The summed E-state index contributed by atoms with van der Waals surface area (Å²) >= 11 is 0. The quantitative estimate of drug-likeness (QED) is 0.700. The maximum atomic E-state index is 10.5. The molecule has 5 heteroatoms. The molecule has 5 nitrogen and oxygen atoms in total. The molecule has 1 amide bonds. The third kappa shape index (κ3) is 3.95. The smallest absolute Gasteiger partial charge is 0.243 e. The molecule has 1 aliphatic heterocycles. The Balaban J connectivity index is 1.83. The fraction of sp³-hybridized carbons (Fsp3) is 0.533. The van der Waals surface area contributed by atoms with Crippen LogP contribution in [0.3, 0.4) is 0 Å². The van der Waals surface area contributed by atoms with Gasteiger partial charge in [-0.1, -0.05) is 19.1 Å². The fourth-order valence-electron chi connectivity index (χ4n) is 2.40. The summed E-state index contributed by atoms with van der Waals surface area (Å²) in [4.78, 5) is 10.5. The topological polar surface area (TPSA) is 73.6 Å². The minimum absolute atomic E-state index is 0.0192. The van der Waals surface area contributed by atoms with Crippen molar-refractivity contribution in [2.24, 2.45) is 5.73 Å². The van der Waals surface area contributed by atoms with Gasteiger partial charge in [0.2, 0.25) is 5.91 Å². The first-order valence-electron chi connectivity index (χ1n) is 7.05. The van der Waals surface area contributed by atoms with E-state index in [1.807, 2.05) is 6.07 Å². The molecule has 1 unspecified atom stereocenters. The van der Waals surface area contributed by atoms with E-state index in [-0.39, 0.29) is 12.6 Å². The summed E-state index contributed by atoms with van der Waals surface area (Å²) in [6.07, 6.45) is 1.98. The zero-order valence-corrected chi connectivity index (χ0v) is 11.9. The first-order chi connectivity index (χ1) is 9.70. The lowest BCUT2D eigenvalue weighted by Gasteiger charge is -2.18. The number of hydrogen-bond donors (Lipinski definition) is 2. The summed E-state index contributed by atoms with van der Waals surface area (Å²) in [6, 6.07) is 6.66. The maximum absolute atomic E-state index is 10.5. The summed E-state index contributed by atoms with van der Waals surface area (Å²) < 4.78 is 10.7. The van der Waals surface area contributed by atoms with Crippen molar-refractivity contribution in [3.63, 3.8) is 0 Å². The van der Waals surface area contributed by atoms with Gasteiger partial charge in [0.05, 0.1) is 13.2 Å². The summed E-state index contributed by atoms with van der Waals surface area (Å²) in [6.45, 7) is 4.08. The Bertz CT molecular complexity index is 462. The number of hydrogen-bond acceptors (Lipinski definition) is 4. The number of fused-ring (bicyclic) bond motifs is 1. The first-order valence-corrected chi connectivity index (χ1v) is 7.05. The Kier molecular flexibility index (Phi) is 5.38. The standard InChI is InChI=1S/C15H22N2O3/c1-2-13(17-6-8-19-10-15(16)18)11-3-4-14-12(9-11)5-7-20-14/h3-4,9,13,17H,2,5-8,10H2,1H3,(H2,16,18). The Hall–Kier alpha value is -1.59. The van der Waals surface area contributed by atoms with Crippen molar-refractivity contribution in [2.75, 3.05) is 26.4 Å². The molecular weight excluding hydrogens is 256 g/mol. The van der Waals surface area contributed by atoms with E-state index >= 15 is 0 Å². The number of primary amides is 1. The van der Waals surface area contributed by atoms with Crippen LogP contribution in [0.5, 0.6) is 5.75 Å². The van der Waals surface area contributed by atoms with Gasteiger partial charge in [-0.2, -0.15) is 0 Å². The van der Waals surface area contributed by atoms with Gasteiger partial charge in [0.15, 0.2) is 0 Å². The van der Waals surface area contributed by atoms with Gasteiger partial charge in [-0.3, -0.25) is 4.79 Å². The van der Waals surface area contributed by atoms with Crippen LogP contribution in [-0.4, -0.2) is 32.3 Å². The predicted octanol–water partition coefficient (Wildman–Crippen LogP) is 1.16. The third-order valence-corrected chi connectivity index (χ3v) is 3.41. The summed E-state index contributed by atoms with van der Waals surface area (Å²) in [5, 5.41) is 3.43. The van der Waals surface area contributed by atoms with Crippen molar-refractivity contribution in [3.8, 4) is 5.75 Å². The number of carbonyl (C=O) groups excluding carboxylic acids is 1. The SMILES string of the molecule is CCC(NCCOCC(N)=O)c1ccc2c(c1)CCO2. The molecular formula is C15H22N2O3. The van der Waals surface area contributed by atoms with Crippen molar-refractivity contribution < 1.29 is 14.3 Å². The minimum atomic E-state index is -0.435. The lowest BCUT2D eigenvalue weighted by atomic mass is 10.0. The van der Waals surface area contributed by atoms with Crippen molar-refractivity contribution in [3.05, 3.63) is 29.3 Å². The van der Waals surface area contributed by atoms with E-state index in [2.05, 4.69) is 24.4 Å². The highest BCUT2D eigenvalue weighted by molar-refractivity contribution is 5.74. The molecule has 1 aromatic carbocycles. The molecule has 3 N–H and O–H groups in total. The van der Waals surface area contributed by atoms with Gasteiger partial charge in [-0.25, -0.2) is 0 Å². The average molecular weight is 278 g/mol. The average Bonchev–Trinajstić information content (AvgIpc) is 2.89. The summed E-state index contributed by atoms with van der Waals surface area (Å²) in [5.41, 5.74) is 7.56. The van der Waals surface area contributed by atoms with Crippen LogP contribution in [0, 0.1) is 0 Å². The second-order valence-electron chi connectivity index (χ2n) is 4.90. The van der Waals surface area contributed by atoms with Crippen LogP contribution in [0.4, 0.5) is 0 Å². The molecule has 20 heavy (non-hydrogen) atoms. The molecule has 0 radical (unpaired) electrons. The number of benzene rings is 1. The highest BCUT2D eigenvalue weighted by Gasteiger charge is 2.15. The number of nitrogens with two attached hydrogens (primary N) is 1. The largest absolute Gasteiger partial charge is 0.493 e. The van der Waals surface area contributed by atoms with E-state index in [0.717, 1.165) is 25.2 Å². The summed E-state index contributed by atoms with van der Waals surface area (Å²) in [7, 11) is 0. The van der Waals surface area contributed by atoms with E-state index in [9.17, 15) is 4.79 Å². The van der Waals surface area contributed by atoms with E-state index in [1.165, 1.54) is 11.1 Å². The number of ether oxygens (including phenoxy) is 2. The zero-order chi connectivity index (χ0) is 14.4. The van der Waals surface area contributed by atoms with Gasteiger partial charge < -0.3 is 20.5 Å². The number of carbonyl (C=O) groups is 1. The van der Waals surface area contributed by atoms with E-state index in [1.54, 1.807) is 0 Å². The molecule has 0 aliphatic carbocycles. The third-order valence-electron chi connectivity index (χ3n) is 3.41. The lowest BCUT2D eigenvalue weighted by molar-refractivity contribution is -0.122. The van der Waals surface area contributed by atoms with Gasteiger partial charge in [0.25, 0.3) is 0 Å². The van der Waals surface area contributed by atoms with Crippen LogP contribution in [0.1, 0.15) is 30.5 Å². The highest BCUT2D eigenvalue weighted by Crippen LogP contribution is 2.28. The minimum Gasteiger partial charge on any atom is -0.493 e. The van der Waals surface area contributed by atoms with Gasteiger partial charge in [-0.05, 0) is 23.6 Å². The number of nitrogens with one attached hydrogen (secondary N) is 1. The van der Waals surface area contributed by atoms with Crippen LogP contribution < -0.4 is 15.8 Å². The normalized spacial score (nSPS) is 14.7. The van der Waals surface area contributed by atoms with Gasteiger partial charge >= 0.3 is 0 Å². The van der Waals surface area contributed by atoms with Crippen molar-refractivity contribution >= 4 is 5.91 Å².